The Bertz CT molecular complexity index is 5210. The van der Waals surface area contributed by atoms with Crippen LogP contribution in [0, 0.1) is 53.3 Å². The lowest BCUT2D eigenvalue weighted by atomic mass is 9.72. The average Bonchev–Trinajstić information content (AvgIpc) is 1.51. The summed E-state index contributed by atoms with van der Waals surface area (Å²) in [5.74, 6) is 1.66. The van der Waals surface area contributed by atoms with Crippen LogP contribution in [0.25, 0.3) is 0 Å². The first-order valence-electron chi connectivity index (χ1n) is 54.6. The number of fused-ring (bicyclic) bond motifs is 7. The number of aromatic nitrogens is 1. The number of benzene rings is 6. The van der Waals surface area contributed by atoms with Gasteiger partial charge in [0, 0.05) is 113 Å². The van der Waals surface area contributed by atoms with Crippen LogP contribution in [0.5, 0.6) is 11.6 Å². The predicted octanol–water partition coefficient (Wildman–Crippen LogP) is 21.8. The van der Waals surface area contributed by atoms with Crippen molar-refractivity contribution < 1.29 is 12.2 Å². The monoisotopic (exact) mass is 1880 g/mol. The number of nitrogens with zero attached hydrogens (tertiary/aromatic N) is 8. The van der Waals surface area contributed by atoms with Gasteiger partial charge in [0.1, 0.15) is 11.4 Å². The van der Waals surface area contributed by atoms with Crippen LogP contribution in [0.4, 0.5) is 0 Å². The molecule has 6 aliphatic carbocycles. The van der Waals surface area contributed by atoms with E-state index in [1.54, 1.807) is 13.3 Å². The minimum Gasteiger partial charge on any atom is -0.497 e. The first kappa shape index (κ1) is 103. The molecule has 9 heterocycles. The third-order valence-electron chi connectivity index (χ3n) is 37.2. The van der Waals surface area contributed by atoms with Crippen molar-refractivity contribution in [2.75, 3.05) is 98.7 Å². The van der Waals surface area contributed by atoms with Crippen molar-refractivity contribution in [3.8, 4) is 11.6 Å². The Morgan fingerprint density at radius 1 is 0.297 bits per heavy atom. The summed E-state index contributed by atoms with van der Waals surface area (Å²) >= 11 is 0. The molecule has 0 unspecified atom stereocenters. The van der Waals surface area contributed by atoms with Crippen molar-refractivity contribution in [1.82, 2.24) is 39.3 Å². The number of hydrogen-bond acceptors (Lipinski definition) is 17. The smallest absolute Gasteiger partial charge is 0.218 e. The molecule has 0 bridgehead atoms. The summed E-state index contributed by atoms with van der Waals surface area (Å²) in [4.78, 5) is 22.3. The number of aryl methyl sites for hydroxylation is 3. The van der Waals surface area contributed by atoms with Crippen LogP contribution in [0.2, 0.25) is 0 Å². The second-order valence-electron chi connectivity index (χ2n) is 52.3. The molecule has 758 valence electrons. The van der Waals surface area contributed by atoms with Gasteiger partial charge >= 0.3 is 0 Å². The molecule has 1 aromatic heterocycles. The lowest BCUT2D eigenvalue weighted by molar-refractivity contribution is -0.0255. The van der Waals surface area contributed by atoms with Gasteiger partial charge in [-0.1, -0.05) is 121 Å². The summed E-state index contributed by atoms with van der Waals surface area (Å²) in [6.45, 7) is 70.5. The van der Waals surface area contributed by atoms with Gasteiger partial charge in [-0.2, -0.15) is 0 Å². The molecule has 7 fully saturated rings. The molecule has 7 saturated heterocycles. The maximum Gasteiger partial charge on any atom is 0.218 e. The minimum atomic E-state index is -0.923. The third kappa shape index (κ3) is 21.8. The molecule has 7 aromatic rings. The van der Waals surface area contributed by atoms with Crippen LogP contribution in [-0.4, -0.2) is 182 Å². The van der Waals surface area contributed by atoms with E-state index in [-0.39, 0.29) is 90.8 Å². The number of methoxy groups -OCH3 is 1. The summed E-state index contributed by atoms with van der Waals surface area (Å²) in [6, 6.07) is 46.0. The highest BCUT2D eigenvalue weighted by atomic mass is 16.5. The number of likely N-dealkylation sites (tertiary alicyclic amines) is 7. The highest BCUT2D eigenvalue weighted by Gasteiger charge is 2.56. The topological polar surface area (TPSA) is 236 Å². The fourth-order valence-corrected chi connectivity index (χ4v) is 27.2. The molecule has 17 heteroatoms. The molecule has 7 atom stereocenters. The van der Waals surface area contributed by atoms with E-state index in [0.29, 0.717) is 16.2 Å². The van der Waals surface area contributed by atoms with E-state index < -0.39 is 12.0 Å². The number of ether oxygens (including phenoxy) is 2. The molecule has 14 N–H and O–H groups in total. The Hall–Kier alpha value is -6.49. The van der Waals surface area contributed by atoms with Gasteiger partial charge < -0.3 is 49.6 Å². The van der Waals surface area contributed by atoms with Crippen molar-refractivity contribution in [1.29, 1.82) is 0 Å². The Labute approximate surface area is 839 Å². The molecular formula is C121H187N15O2. The number of piperidine rings is 7. The SMILES string of the molecule is CC(C)(C)N1CCC2(CC1)Oc1ncccc1[C@H]2N.COc1ccc2c(c1)[C@@H](N)C1(CCN(C(C)(C)C)CC1)C2.Cc1ccc2c(c1)[C@H](N)C1(CCN(C(C)(C)C)CC1)C2.Cc1cccc2c1CC1(CCN(C(C)(C)C)CC1)[C@@H]2N.Cc1cccc2c1CC1(CCN(C(C)(C)C)CC1)[C@H]2N.[2H][C@@]1(N)c2ccccc2CC12CCN(C(C)(C)C)CC2.[2H][C@]1(N)c2ccccc2CC12CCN(C(C)(C)C)CC2. The quantitative estimate of drug-likeness (QED) is 0.0809. The highest BCUT2D eigenvalue weighted by Crippen LogP contribution is 2.59. The fourth-order valence-electron chi connectivity index (χ4n) is 27.2. The third-order valence-corrected chi connectivity index (χ3v) is 37.2. The van der Waals surface area contributed by atoms with E-state index in [9.17, 15) is 0 Å². The number of hydrogen-bond donors (Lipinski definition) is 7. The van der Waals surface area contributed by atoms with Crippen molar-refractivity contribution in [3.05, 3.63) is 229 Å². The van der Waals surface area contributed by atoms with Crippen LogP contribution in [0.1, 0.15) is 369 Å². The lowest BCUT2D eigenvalue weighted by Gasteiger charge is -2.47. The maximum absolute atomic E-state index is 8.79. The van der Waals surface area contributed by atoms with Crippen molar-refractivity contribution in [2.45, 2.75) is 381 Å². The molecule has 21 rings (SSSR count). The Morgan fingerprint density at radius 3 is 0.891 bits per heavy atom. The van der Waals surface area contributed by atoms with Crippen LogP contribution < -0.4 is 49.6 Å². The van der Waals surface area contributed by atoms with Crippen LogP contribution in [-0.2, 0) is 38.5 Å². The normalized spacial score (nSPS) is 27.3. The van der Waals surface area contributed by atoms with E-state index in [1.165, 1.54) is 182 Å². The summed E-state index contributed by atoms with van der Waals surface area (Å²) in [5, 5.41) is 0. The second kappa shape index (κ2) is 40.1. The molecule has 7 spiro atoms. The van der Waals surface area contributed by atoms with E-state index >= 15 is 0 Å². The van der Waals surface area contributed by atoms with E-state index in [2.05, 4.69) is 303 Å². The van der Waals surface area contributed by atoms with Gasteiger partial charge in [0.05, 0.1) is 15.9 Å². The zero-order valence-electron chi connectivity index (χ0n) is 92.6. The number of nitrogens with two attached hydrogens (primary N) is 7. The zero-order valence-corrected chi connectivity index (χ0v) is 90.6. The Kier molecular flexibility index (Phi) is 29.9. The second-order valence-corrected chi connectivity index (χ2v) is 52.3. The summed E-state index contributed by atoms with van der Waals surface area (Å²) in [5.41, 5.74) is 70.1. The first-order valence-corrected chi connectivity index (χ1v) is 53.6. The molecule has 14 aliphatic rings. The summed E-state index contributed by atoms with van der Waals surface area (Å²) < 4.78 is 29.1. The number of pyridine rings is 1. The van der Waals surface area contributed by atoms with Crippen LogP contribution in [0.15, 0.2) is 140 Å². The minimum absolute atomic E-state index is 0.0432. The lowest BCUT2D eigenvalue weighted by Crippen LogP contribution is -2.55. The van der Waals surface area contributed by atoms with Crippen molar-refractivity contribution >= 4 is 0 Å². The molecule has 138 heavy (non-hydrogen) atoms. The van der Waals surface area contributed by atoms with E-state index in [4.69, 9.17) is 52.4 Å². The summed E-state index contributed by atoms with van der Waals surface area (Å²) in [6.07, 6.45) is 24.3. The van der Waals surface area contributed by atoms with Crippen molar-refractivity contribution in [2.24, 2.45) is 72.6 Å². The number of rotatable bonds is 1. The highest BCUT2D eigenvalue weighted by molar-refractivity contribution is 5.48. The van der Waals surface area contributed by atoms with Gasteiger partial charge in [-0.05, 0) is 489 Å². The van der Waals surface area contributed by atoms with Gasteiger partial charge in [0.2, 0.25) is 5.88 Å². The molecule has 17 nitrogen and oxygen atoms in total. The Balaban J connectivity index is 0.000000124. The molecular weight excluding hydrogens is 1700 g/mol. The van der Waals surface area contributed by atoms with Gasteiger partial charge in [0.15, 0.2) is 0 Å². The average molecular weight is 1890 g/mol. The standard InChI is InChI=1S/C18H28N2O.3C18H28N2.2C17H26N2.C15H23N3O/c1-17(2,3)20-9-7-18(8-10-20)12-13-5-6-14(21-4)11-15(13)16(18)19;1-13-5-6-14-12-18(16(19)15(14)11-13)7-9-20(10-8-18)17(2,3)4;2*1-13-6-5-7-14-15(13)12-18(16(14)19)8-10-20(11-9-18)17(2,3)4;2*1-16(2,3)19-10-8-17(9-11-19)12-13-6-4-5-7-14(13)15(17)18;1-14(2,3)18-9-6-15(7-10-18)12(16)11-5-4-8-17-13(11)19-15/h5-6,11,16H,7-10,12,19H2,1-4H3;5-6,11,16H,7-10,12,19H2,1-4H3;2*5-7,16H,8-12,19H2,1-4H3;2*4-7,15H,8-12,18H2,1-3H3;4-5,8,12H,6-7,9-10,16H2,1-3H3/t4*16-;2*15-;12-/m1010101/s1/i;;;;2*15D;. The molecule has 8 aliphatic heterocycles. The van der Waals surface area contributed by atoms with Crippen LogP contribution in [0.3, 0.4) is 0 Å². The molecule has 6 aromatic carbocycles. The van der Waals surface area contributed by atoms with Gasteiger partial charge in [-0.25, -0.2) is 4.98 Å². The molecule has 0 saturated carbocycles. The molecule has 0 radical (unpaired) electrons. The Morgan fingerprint density at radius 2 is 0.572 bits per heavy atom. The van der Waals surface area contributed by atoms with E-state index in [0.717, 1.165) is 138 Å². The van der Waals surface area contributed by atoms with Crippen LogP contribution >= 0.6 is 0 Å². The first-order chi connectivity index (χ1) is 65.3. The maximum atomic E-state index is 8.79. The fraction of sp³-hybridized carbons (Fsp3) is 0.661. The predicted molar refractivity (Wildman–Crippen MR) is 576 cm³/mol. The summed E-state index contributed by atoms with van der Waals surface area (Å²) in [7, 11) is 1.72. The van der Waals surface area contributed by atoms with Gasteiger partial charge in [-0.3, -0.25) is 34.3 Å². The largest absolute Gasteiger partial charge is 0.497 e. The zero-order chi connectivity index (χ0) is 102. The van der Waals surface area contributed by atoms with Crippen molar-refractivity contribution in [3.63, 3.8) is 0 Å². The van der Waals surface area contributed by atoms with E-state index in [1.807, 2.05) is 36.4 Å². The van der Waals surface area contributed by atoms with Gasteiger partial charge in [-0.15, -0.1) is 0 Å². The molecule has 0 amide bonds. The van der Waals surface area contributed by atoms with Gasteiger partial charge in [0.25, 0.3) is 0 Å².